The highest BCUT2D eigenvalue weighted by Crippen LogP contribution is 1.94. The van der Waals surface area contributed by atoms with Gasteiger partial charge in [-0.25, -0.2) is 0 Å². The lowest BCUT2D eigenvalue weighted by atomic mass is 10.3. The Labute approximate surface area is 105 Å². The summed E-state index contributed by atoms with van der Waals surface area (Å²) in [6.45, 7) is 9.00. The Bertz CT molecular complexity index is 168. The van der Waals surface area contributed by atoms with E-state index < -0.39 is 0 Å². The minimum Gasteiger partial charge on any atom is -0.369 e. The molecule has 1 atom stereocenters. The summed E-state index contributed by atoms with van der Waals surface area (Å²) in [5.74, 6) is -0.0241. The van der Waals surface area contributed by atoms with Crippen LogP contribution in [0.4, 0.5) is 0 Å². The van der Waals surface area contributed by atoms with Crippen molar-refractivity contribution < 1.29 is 9.53 Å². The van der Waals surface area contributed by atoms with Crippen molar-refractivity contribution in [2.24, 2.45) is 0 Å². The highest BCUT2D eigenvalue weighted by atomic mass is 35.5. The van der Waals surface area contributed by atoms with E-state index in [0.29, 0.717) is 13.2 Å². The smallest absolute Gasteiger partial charge is 0.248 e. The van der Waals surface area contributed by atoms with Gasteiger partial charge in [0.25, 0.3) is 0 Å². The van der Waals surface area contributed by atoms with Crippen molar-refractivity contribution in [3.8, 4) is 0 Å². The summed E-state index contributed by atoms with van der Waals surface area (Å²) in [6, 6.07) is 0. The molecule has 0 aliphatic rings. The first-order valence-electron chi connectivity index (χ1n) is 5.82. The fraction of sp³-hybridized carbons (Fsp3) is 0.909. The zero-order chi connectivity index (χ0) is 11.5. The Kier molecular flexibility index (Phi) is 14.4. The Balaban J connectivity index is 0. The Morgan fingerprint density at radius 2 is 2.00 bits per heavy atom. The number of hydrogen-bond donors (Lipinski definition) is 2. The summed E-state index contributed by atoms with van der Waals surface area (Å²) < 4.78 is 5.37. The summed E-state index contributed by atoms with van der Waals surface area (Å²) in [6.07, 6.45) is 1.77. The number of halogens is 1. The highest BCUT2D eigenvalue weighted by Gasteiger charge is 2.11. The van der Waals surface area contributed by atoms with Gasteiger partial charge in [0.05, 0.1) is 0 Å². The minimum absolute atomic E-state index is 0. The van der Waals surface area contributed by atoms with Crippen LogP contribution in [0.5, 0.6) is 0 Å². The van der Waals surface area contributed by atoms with Gasteiger partial charge in [-0.3, -0.25) is 4.79 Å². The van der Waals surface area contributed by atoms with Crippen LogP contribution < -0.4 is 10.6 Å². The van der Waals surface area contributed by atoms with E-state index in [-0.39, 0.29) is 24.4 Å². The molecule has 0 bridgehead atoms. The quantitative estimate of drug-likeness (QED) is 0.609. The molecule has 98 valence electrons. The van der Waals surface area contributed by atoms with Gasteiger partial charge in [0, 0.05) is 19.7 Å². The standard InChI is InChI=1S/C11H24N2O2.ClH/c1-4-6-9-15-10(3)11(14)13-8-7-12-5-2;/h10,12H,4-9H2,1-3H3,(H,13,14);1H. The first kappa shape index (κ1) is 18.1. The van der Waals surface area contributed by atoms with Crippen LogP contribution in [0, 0.1) is 0 Å². The van der Waals surface area contributed by atoms with Gasteiger partial charge in [-0.15, -0.1) is 12.4 Å². The molecule has 0 aliphatic heterocycles. The van der Waals surface area contributed by atoms with Crippen molar-refractivity contribution in [1.82, 2.24) is 10.6 Å². The monoisotopic (exact) mass is 252 g/mol. The molecule has 0 aromatic heterocycles. The number of rotatable bonds is 9. The van der Waals surface area contributed by atoms with Crippen LogP contribution in [0.1, 0.15) is 33.6 Å². The molecule has 1 amide bonds. The Morgan fingerprint density at radius 1 is 1.31 bits per heavy atom. The second-order valence-electron chi connectivity index (χ2n) is 3.51. The number of nitrogens with one attached hydrogen (secondary N) is 2. The summed E-state index contributed by atoms with van der Waals surface area (Å²) in [5.41, 5.74) is 0. The Hall–Kier alpha value is -0.320. The maximum absolute atomic E-state index is 11.4. The number of hydrogen-bond acceptors (Lipinski definition) is 3. The van der Waals surface area contributed by atoms with Crippen molar-refractivity contribution in [1.29, 1.82) is 0 Å². The molecule has 2 N–H and O–H groups in total. The molecule has 1 unspecified atom stereocenters. The van der Waals surface area contributed by atoms with Gasteiger partial charge in [0.15, 0.2) is 0 Å². The fourth-order valence-electron chi connectivity index (χ4n) is 1.07. The lowest BCUT2D eigenvalue weighted by Gasteiger charge is -2.13. The van der Waals surface area contributed by atoms with Gasteiger partial charge in [-0.2, -0.15) is 0 Å². The first-order valence-corrected chi connectivity index (χ1v) is 5.82. The average molecular weight is 253 g/mol. The van der Waals surface area contributed by atoms with Gasteiger partial charge >= 0.3 is 0 Å². The largest absolute Gasteiger partial charge is 0.369 e. The molecule has 0 saturated heterocycles. The second-order valence-corrected chi connectivity index (χ2v) is 3.51. The zero-order valence-corrected chi connectivity index (χ0v) is 11.4. The zero-order valence-electron chi connectivity index (χ0n) is 10.5. The maximum Gasteiger partial charge on any atom is 0.248 e. The molecule has 16 heavy (non-hydrogen) atoms. The predicted molar refractivity (Wildman–Crippen MR) is 69.1 cm³/mol. The second kappa shape index (κ2) is 12.7. The van der Waals surface area contributed by atoms with E-state index in [0.717, 1.165) is 25.9 Å². The van der Waals surface area contributed by atoms with Gasteiger partial charge in [0.2, 0.25) is 5.91 Å². The van der Waals surface area contributed by atoms with Gasteiger partial charge < -0.3 is 15.4 Å². The topological polar surface area (TPSA) is 50.4 Å². The average Bonchev–Trinajstić information content (AvgIpc) is 2.24. The van der Waals surface area contributed by atoms with E-state index in [9.17, 15) is 4.79 Å². The van der Waals surface area contributed by atoms with Crippen molar-refractivity contribution in [2.75, 3.05) is 26.2 Å². The molecule has 0 heterocycles. The summed E-state index contributed by atoms with van der Waals surface area (Å²) >= 11 is 0. The van der Waals surface area contributed by atoms with Crippen LogP contribution >= 0.6 is 12.4 Å². The van der Waals surface area contributed by atoms with Crippen molar-refractivity contribution >= 4 is 18.3 Å². The molecule has 0 spiro atoms. The minimum atomic E-state index is -0.335. The molecule has 0 radical (unpaired) electrons. The van der Waals surface area contributed by atoms with Crippen molar-refractivity contribution in [3.63, 3.8) is 0 Å². The molecule has 5 heteroatoms. The molecular formula is C11H25ClN2O2. The molecule has 4 nitrogen and oxygen atoms in total. The summed E-state index contributed by atoms with van der Waals surface area (Å²) in [7, 11) is 0. The van der Waals surface area contributed by atoms with Crippen LogP contribution in [0.2, 0.25) is 0 Å². The van der Waals surface area contributed by atoms with Crippen LogP contribution in [-0.4, -0.2) is 38.3 Å². The van der Waals surface area contributed by atoms with Crippen LogP contribution in [0.15, 0.2) is 0 Å². The number of amides is 1. The molecule has 0 saturated carbocycles. The molecule has 0 fully saturated rings. The van der Waals surface area contributed by atoms with Crippen molar-refractivity contribution in [3.05, 3.63) is 0 Å². The van der Waals surface area contributed by atoms with E-state index in [1.165, 1.54) is 0 Å². The third kappa shape index (κ3) is 10.2. The van der Waals surface area contributed by atoms with Gasteiger partial charge in [0.1, 0.15) is 6.10 Å². The SMILES string of the molecule is CCCCOC(C)C(=O)NCCNCC.Cl. The molecule has 0 aromatic carbocycles. The molecule has 0 aliphatic carbocycles. The van der Waals surface area contributed by atoms with Crippen LogP contribution in [0.3, 0.4) is 0 Å². The fourth-order valence-corrected chi connectivity index (χ4v) is 1.07. The predicted octanol–water partition coefficient (Wildman–Crippen LogP) is 1.34. The third-order valence-electron chi connectivity index (χ3n) is 2.09. The van der Waals surface area contributed by atoms with E-state index in [1.54, 1.807) is 6.92 Å². The van der Waals surface area contributed by atoms with E-state index in [1.807, 2.05) is 6.92 Å². The van der Waals surface area contributed by atoms with E-state index in [2.05, 4.69) is 17.6 Å². The number of carbonyl (C=O) groups excluding carboxylic acids is 1. The Morgan fingerprint density at radius 3 is 2.56 bits per heavy atom. The highest BCUT2D eigenvalue weighted by molar-refractivity contribution is 5.85. The normalized spacial score (nSPS) is 11.7. The number of likely N-dealkylation sites (N-methyl/N-ethyl adjacent to an activating group) is 1. The third-order valence-corrected chi connectivity index (χ3v) is 2.09. The van der Waals surface area contributed by atoms with Crippen LogP contribution in [-0.2, 0) is 9.53 Å². The lowest BCUT2D eigenvalue weighted by molar-refractivity contribution is -0.131. The van der Waals surface area contributed by atoms with E-state index >= 15 is 0 Å². The number of unbranched alkanes of at least 4 members (excludes halogenated alkanes) is 1. The molecular weight excluding hydrogens is 228 g/mol. The summed E-state index contributed by atoms with van der Waals surface area (Å²) in [4.78, 5) is 11.4. The van der Waals surface area contributed by atoms with Gasteiger partial charge in [-0.05, 0) is 19.9 Å². The molecule has 0 aromatic rings. The van der Waals surface area contributed by atoms with Crippen LogP contribution in [0.25, 0.3) is 0 Å². The first-order chi connectivity index (χ1) is 7.22. The maximum atomic E-state index is 11.4. The van der Waals surface area contributed by atoms with E-state index in [4.69, 9.17) is 4.74 Å². The van der Waals surface area contributed by atoms with Crippen molar-refractivity contribution in [2.45, 2.75) is 39.7 Å². The number of carbonyl (C=O) groups is 1. The lowest BCUT2D eigenvalue weighted by Crippen LogP contribution is -2.38. The summed E-state index contributed by atoms with van der Waals surface area (Å²) in [5, 5.41) is 5.96. The molecule has 0 rings (SSSR count). The number of ether oxygens (including phenoxy) is 1. The van der Waals surface area contributed by atoms with Gasteiger partial charge in [-0.1, -0.05) is 20.3 Å².